The maximum atomic E-state index is 12.2. The Labute approximate surface area is 174 Å². The molecule has 2 aromatic rings. The first-order chi connectivity index (χ1) is 14.5. The molecule has 2 aromatic carbocycles. The van der Waals surface area contributed by atoms with E-state index >= 15 is 0 Å². The summed E-state index contributed by atoms with van der Waals surface area (Å²) in [6, 6.07) is 14.6. The number of hydrogen-bond donors (Lipinski definition) is 2. The predicted molar refractivity (Wildman–Crippen MR) is 110 cm³/mol. The third kappa shape index (κ3) is 4.86. The van der Waals surface area contributed by atoms with Crippen LogP contribution in [0.25, 0.3) is 11.1 Å². The maximum Gasteiger partial charge on any atom is 0.407 e. The molecule has 0 fully saturated rings. The number of ether oxygens (including phenoxy) is 2. The van der Waals surface area contributed by atoms with Crippen LogP contribution in [0.3, 0.4) is 0 Å². The molecule has 156 valence electrons. The van der Waals surface area contributed by atoms with Crippen molar-refractivity contribution in [3.8, 4) is 11.1 Å². The summed E-state index contributed by atoms with van der Waals surface area (Å²) >= 11 is 0. The summed E-state index contributed by atoms with van der Waals surface area (Å²) in [5.41, 5.74) is 4.32. The van der Waals surface area contributed by atoms with Gasteiger partial charge in [-0.1, -0.05) is 61.2 Å². The van der Waals surface area contributed by atoms with Gasteiger partial charge >= 0.3 is 18.0 Å². The van der Waals surface area contributed by atoms with Crippen molar-refractivity contribution >= 4 is 18.0 Å². The van der Waals surface area contributed by atoms with Gasteiger partial charge in [0.1, 0.15) is 19.3 Å². The number of nitrogens with one attached hydrogen (secondary N) is 1. The second-order valence-electron chi connectivity index (χ2n) is 6.87. The number of rotatable bonds is 9. The largest absolute Gasteiger partial charge is 0.480 e. The smallest absolute Gasteiger partial charge is 0.407 e. The highest BCUT2D eigenvalue weighted by Crippen LogP contribution is 2.44. The standard InChI is InChI=1S/C23H23NO6/c1-2-13-29-21(25)12-11-20(22(26)27)24-23(28)30-14-19-17-9-5-3-7-15(17)16-8-4-6-10-18(16)19/h2-10,19-20H,1,11-14H2,(H,24,28)(H,26,27)/t20-/m0/s1. The Kier molecular flexibility index (Phi) is 6.85. The van der Waals surface area contributed by atoms with Crippen LogP contribution in [0.5, 0.6) is 0 Å². The van der Waals surface area contributed by atoms with Gasteiger partial charge in [-0.05, 0) is 28.7 Å². The molecule has 0 heterocycles. The van der Waals surface area contributed by atoms with Gasteiger partial charge in [-0.15, -0.1) is 0 Å². The number of hydrogen-bond acceptors (Lipinski definition) is 5. The zero-order valence-electron chi connectivity index (χ0n) is 16.4. The maximum absolute atomic E-state index is 12.2. The Morgan fingerprint density at radius 2 is 1.63 bits per heavy atom. The van der Waals surface area contributed by atoms with Gasteiger partial charge in [-0.25, -0.2) is 9.59 Å². The van der Waals surface area contributed by atoms with Crippen molar-refractivity contribution in [1.82, 2.24) is 5.32 Å². The summed E-state index contributed by atoms with van der Waals surface area (Å²) in [6.45, 7) is 3.56. The Balaban J connectivity index is 1.59. The number of carboxylic acids is 1. The fourth-order valence-corrected chi connectivity index (χ4v) is 3.53. The lowest BCUT2D eigenvalue weighted by molar-refractivity contribution is -0.143. The third-order valence-corrected chi connectivity index (χ3v) is 4.93. The molecule has 1 aliphatic carbocycles. The van der Waals surface area contributed by atoms with Crippen molar-refractivity contribution in [1.29, 1.82) is 0 Å². The summed E-state index contributed by atoms with van der Waals surface area (Å²) < 4.78 is 10.2. The van der Waals surface area contributed by atoms with E-state index in [4.69, 9.17) is 9.47 Å². The molecule has 0 aliphatic heterocycles. The van der Waals surface area contributed by atoms with E-state index in [1.165, 1.54) is 6.08 Å². The summed E-state index contributed by atoms with van der Waals surface area (Å²) in [4.78, 5) is 35.2. The quantitative estimate of drug-likeness (QED) is 0.486. The van der Waals surface area contributed by atoms with E-state index in [1.54, 1.807) is 0 Å². The van der Waals surface area contributed by atoms with Gasteiger partial charge in [0.05, 0.1) is 0 Å². The van der Waals surface area contributed by atoms with Crippen LogP contribution in [0.2, 0.25) is 0 Å². The molecule has 3 rings (SSSR count). The number of carboxylic acid groups (broad SMARTS) is 1. The van der Waals surface area contributed by atoms with E-state index in [0.29, 0.717) is 0 Å². The normalized spacial score (nSPS) is 12.9. The zero-order valence-corrected chi connectivity index (χ0v) is 16.4. The lowest BCUT2D eigenvalue weighted by Gasteiger charge is -2.17. The first-order valence-electron chi connectivity index (χ1n) is 9.62. The van der Waals surface area contributed by atoms with Gasteiger partial charge < -0.3 is 19.9 Å². The topological polar surface area (TPSA) is 102 Å². The first-order valence-corrected chi connectivity index (χ1v) is 9.62. The molecule has 0 aromatic heterocycles. The summed E-state index contributed by atoms with van der Waals surface area (Å²) in [7, 11) is 0. The minimum absolute atomic E-state index is 0.0520. The minimum atomic E-state index is -1.25. The van der Waals surface area contributed by atoms with E-state index in [9.17, 15) is 19.5 Å². The number of benzene rings is 2. The molecular formula is C23H23NO6. The van der Waals surface area contributed by atoms with Crippen LogP contribution >= 0.6 is 0 Å². The fraction of sp³-hybridized carbons (Fsp3) is 0.261. The minimum Gasteiger partial charge on any atom is -0.480 e. The number of carbonyl (C=O) groups excluding carboxylic acids is 2. The molecule has 0 saturated heterocycles. The van der Waals surface area contributed by atoms with Crippen LogP contribution < -0.4 is 5.32 Å². The molecule has 0 saturated carbocycles. The van der Waals surface area contributed by atoms with E-state index in [2.05, 4.69) is 11.9 Å². The molecular weight excluding hydrogens is 386 g/mol. The number of amides is 1. The Morgan fingerprint density at radius 3 is 2.20 bits per heavy atom. The van der Waals surface area contributed by atoms with Gasteiger partial charge in [0.2, 0.25) is 0 Å². The van der Waals surface area contributed by atoms with Crippen LogP contribution in [0.4, 0.5) is 4.79 Å². The number of aliphatic carboxylic acids is 1. The van der Waals surface area contributed by atoms with Crippen molar-refractivity contribution in [2.75, 3.05) is 13.2 Å². The highest BCUT2D eigenvalue weighted by Gasteiger charge is 2.29. The number of alkyl carbamates (subject to hydrolysis) is 1. The molecule has 1 atom stereocenters. The van der Waals surface area contributed by atoms with Crippen LogP contribution in [-0.4, -0.2) is 42.4 Å². The molecule has 7 nitrogen and oxygen atoms in total. The Hall–Kier alpha value is -3.61. The highest BCUT2D eigenvalue weighted by molar-refractivity contribution is 5.81. The van der Waals surface area contributed by atoms with E-state index in [-0.39, 0.29) is 32.0 Å². The van der Waals surface area contributed by atoms with Crippen LogP contribution in [0, 0.1) is 0 Å². The molecule has 0 spiro atoms. The SMILES string of the molecule is C=CCOC(=O)CC[C@H](NC(=O)OCC1c2ccccc2-c2ccccc21)C(=O)O. The van der Waals surface area contributed by atoms with Crippen molar-refractivity contribution in [3.63, 3.8) is 0 Å². The van der Waals surface area contributed by atoms with Gasteiger partial charge in [-0.3, -0.25) is 4.79 Å². The molecule has 1 aliphatic rings. The van der Waals surface area contributed by atoms with Crippen molar-refractivity contribution < 1.29 is 29.0 Å². The Bertz CT molecular complexity index is 909. The van der Waals surface area contributed by atoms with Crippen molar-refractivity contribution in [3.05, 3.63) is 72.3 Å². The highest BCUT2D eigenvalue weighted by atomic mass is 16.5. The van der Waals surface area contributed by atoms with Crippen molar-refractivity contribution in [2.45, 2.75) is 24.8 Å². The van der Waals surface area contributed by atoms with Crippen LogP contribution in [0.1, 0.15) is 29.9 Å². The van der Waals surface area contributed by atoms with E-state index < -0.39 is 24.1 Å². The van der Waals surface area contributed by atoms with Crippen LogP contribution in [-0.2, 0) is 19.1 Å². The molecule has 0 bridgehead atoms. The third-order valence-electron chi connectivity index (χ3n) is 4.93. The number of esters is 1. The number of fused-ring (bicyclic) bond motifs is 3. The second kappa shape index (κ2) is 9.73. The summed E-state index contributed by atoms with van der Waals surface area (Å²) in [5.74, 6) is -1.93. The van der Waals surface area contributed by atoms with Crippen LogP contribution in [0.15, 0.2) is 61.2 Å². The lowest BCUT2D eigenvalue weighted by atomic mass is 9.98. The Morgan fingerprint density at radius 1 is 1.03 bits per heavy atom. The van der Waals surface area contributed by atoms with E-state index in [0.717, 1.165) is 22.3 Å². The predicted octanol–water partition coefficient (Wildman–Crippen LogP) is 3.49. The average Bonchev–Trinajstić information content (AvgIpc) is 3.07. The molecule has 0 radical (unpaired) electrons. The van der Waals surface area contributed by atoms with Gasteiger partial charge in [0, 0.05) is 12.3 Å². The zero-order chi connectivity index (χ0) is 21.5. The monoisotopic (exact) mass is 409 g/mol. The van der Waals surface area contributed by atoms with Gasteiger partial charge in [0.15, 0.2) is 0 Å². The lowest BCUT2D eigenvalue weighted by Crippen LogP contribution is -2.41. The summed E-state index contributed by atoms with van der Waals surface area (Å²) in [6.07, 6.45) is 0.328. The molecule has 2 N–H and O–H groups in total. The molecule has 0 unspecified atom stereocenters. The number of carbonyl (C=O) groups is 3. The molecule has 30 heavy (non-hydrogen) atoms. The van der Waals surface area contributed by atoms with Gasteiger partial charge in [0.25, 0.3) is 0 Å². The van der Waals surface area contributed by atoms with Crippen molar-refractivity contribution in [2.24, 2.45) is 0 Å². The fourth-order valence-electron chi connectivity index (χ4n) is 3.53. The average molecular weight is 409 g/mol. The molecule has 1 amide bonds. The first kappa shape index (κ1) is 21.1. The summed E-state index contributed by atoms with van der Waals surface area (Å²) in [5, 5.41) is 11.6. The van der Waals surface area contributed by atoms with Gasteiger partial charge in [-0.2, -0.15) is 0 Å². The second-order valence-corrected chi connectivity index (χ2v) is 6.87. The molecule has 7 heteroatoms. The van der Waals surface area contributed by atoms with E-state index in [1.807, 2.05) is 48.5 Å².